The molecule has 1 aliphatic rings. The standard InChI is InChI=1S/C22H18N2O3S/c1-26-19-11-15-7-3-2-6-14(15)10-17(19)21(25)27-16-12-24(13-16)22-23-18-8-4-5-9-20(18)28-22/h2-11,16H,12-13H2,1H3. The molecule has 0 unspecified atom stereocenters. The maximum absolute atomic E-state index is 12.7. The van der Waals surface area contributed by atoms with Crippen molar-refractivity contribution in [2.45, 2.75) is 6.10 Å². The number of aromatic nitrogens is 1. The number of benzene rings is 3. The highest BCUT2D eigenvalue weighted by molar-refractivity contribution is 7.22. The van der Waals surface area contributed by atoms with Gasteiger partial charge in [0.25, 0.3) is 0 Å². The molecule has 0 bridgehead atoms. The molecule has 0 N–H and O–H groups in total. The van der Waals surface area contributed by atoms with E-state index in [2.05, 4.69) is 16.0 Å². The molecule has 0 atom stereocenters. The summed E-state index contributed by atoms with van der Waals surface area (Å²) < 4.78 is 12.3. The molecule has 1 fully saturated rings. The van der Waals surface area contributed by atoms with E-state index >= 15 is 0 Å². The van der Waals surface area contributed by atoms with Gasteiger partial charge in [0.05, 0.1) is 30.4 Å². The summed E-state index contributed by atoms with van der Waals surface area (Å²) in [6.07, 6.45) is -0.143. The van der Waals surface area contributed by atoms with Crippen LogP contribution in [0.15, 0.2) is 60.7 Å². The van der Waals surface area contributed by atoms with Crippen molar-refractivity contribution in [1.82, 2.24) is 4.98 Å². The quantitative estimate of drug-likeness (QED) is 0.480. The molecule has 1 aromatic heterocycles. The van der Waals surface area contributed by atoms with Crippen molar-refractivity contribution in [1.29, 1.82) is 0 Å². The van der Waals surface area contributed by atoms with Crippen LogP contribution in [0.25, 0.3) is 21.0 Å². The van der Waals surface area contributed by atoms with Gasteiger partial charge >= 0.3 is 5.97 Å². The van der Waals surface area contributed by atoms with Crippen LogP contribution in [-0.2, 0) is 4.74 Å². The number of methoxy groups -OCH3 is 1. The van der Waals surface area contributed by atoms with Gasteiger partial charge in [0.1, 0.15) is 17.4 Å². The number of anilines is 1. The van der Waals surface area contributed by atoms with Gasteiger partial charge in [0.2, 0.25) is 0 Å². The molecule has 28 heavy (non-hydrogen) atoms. The minimum absolute atomic E-state index is 0.143. The fraction of sp³-hybridized carbons (Fsp3) is 0.182. The van der Waals surface area contributed by atoms with Crippen LogP contribution >= 0.6 is 11.3 Å². The van der Waals surface area contributed by atoms with Gasteiger partial charge in [-0.05, 0) is 35.0 Å². The molecule has 5 nitrogen and oxygen atoms in total. The number of hydrogen-bond acceptors (Lipinski definition) is 6. The Morgan fingerprint density at radius 2 is 1.79 bits per heavy atom. The monoisotopic (exact) mass is 390 g/mol. The minimum Gasteiger partial charge on any atom is -0.496 e. The van der Waals surface area contributed by atoms with Crippen molar-refractivity contribution in [3.63, 3.8) is 0 Å². The summed E-state index contributed by atoms with van der Waals surface area (Å²) in [5.74, 6) is 0.183. The lowest BCUT2D eigenvalue weighted by atomic mass is 10.1. The normalized spacial score (nSPS) is 14.2. The van der Waals surface area contributed by atoms with Gasteiger partial charge in [-0.15, -0.1) is 0 Å². The topological polar surface area (TPSA) is 51.7 Å². The number of carbonyl (C=O) groups excluding carboxylic acids is 1. The van der Waals surface area contributed by atoms with Crippen molar-refractivity contribution in [2.75, 3.05) is 25.1 Å². The number of hydrogen-bond donors (Lipinski definition) is 0. The first kappa shape index (κ1) is 17.0. The zero-order chi connectivity index (χ0) is 19.1. The van der Waals surface area contributed by atoms with Crippen LogP contribution in [0.2, 0.25) is 0 Å². The number of fused-ring (bicyclic) bond motifs is 2. The van der Waals surface area contributed by atoms with Crippen molar-refractivity contribution in [3.05, 3.63) is 66.2 Å². The average Bonchev–Trinajstić information content (AvgIpc) is 3.12. The van der Waals surface area contributed by atoms with Crippen LogP contribution in [0.3, 0.4) is 0 Å². The first-order chi connectivity index (χ1) is 13.7. The molecule has 2 heterocycles. The summed E-state index contributed by atoms with van der Waals surface area (Å²) in [7, 11) is 1.57. The molecule has 5 rings (SSSR count). The van der Waals surface area contributed by atoms with E-state index in [-0.39, 0.29) is 12.1 Å². The zero-order valence-electron chi connectivity index (χ0n) is 15.3. The summed E-state index contributed by atoms with van der Waals surface area (Å²) in [5, 5.41) is 2.98. The molecule has 1 aliphatic heterocycles. The van der Waals surface area contributed by atoms with Gasteiger partial charge in [-0.1, -0.05) is 47.7 Å². The molecule has 0 amide bonds. The second-order valence-corrected chi connectivity index (χ2v) is 7.81. The SMILES string of the molecule is COc1cc2ccccc2cc1C(=O)OC1CN(c2nc3ccccc3s2)C1. The predicted octanol–water partition coefficient (Wildman–Crippen LogP) is 4.50. The number of para-hydroxylation sites is 1. The largest absolute Gasteiger partial charge is 0.496 e. The predicted molar refractivity (Wildman–Crippen MR) is 112 cm³/mol. The molecular weight excluding hydrogens is 372 g/mol. The van der Waals surface area contributed by atoms with Gasteiger partial charge in [0.15, 0.2) is 5.13 Å². The van der Waals surface area contributed by atoms with Gasteiger partial charge in [-0.3, -0.25) is 0 Å². The van der Waals surface area contributed by atoms with E-state index in [0.717, 1.165) is 21.4 Å². The molecule has 3 aromatic carbocycles. The highest BCUT2D eigenvalue weighted by atomic mass is 32.1. The lowest BCUT2D eigenvalue weighted by Crippen LogP contribution is -2.53. The Labute approximate surface area is 166 Å². The van der Waals surface area contributed by atoms with E-state index in [9.17, 15) is 4.79 Å². The summed E-state index contributed by atoms with van der Waals surface area (Å²) in [6, 6.07) is 19.7. The smallest absolute Gasteiger partial charge is 0.342 e. The molecule has 0 radical (unpaired) electrons. The summed E-state index contributed by atoms with van der Waals surface area (Å²) in [5.41, 5.74) is 1.46. The van der Waals surface area contributed by atoms with Gasteiger partial charge in [0, 0.05) is 0 Å². The fourth-order valence-corrected chi connectivity index (χ4v) is 4.41. The minimum atomic E-state index is -0.350. The van der Waals surface area contributed by atoms with E-state index < -0.39 is 0 Å². The Morgan fingerprint density at radius 1 is 1.07 bits per heavy atom. The van der Waals surface area contributed by atoms with Gasteiger partial charge in [-0.25, -0.2) is 9.78 Å². The third kappa shape index (κ3) is 2.96. The Morgan fingerprint density at radius 3 is 2.54 bits per heavy atom. The van der Waals surface area contributed by atoms with E-state index in [0.29, 0.717) is 24.4 Å². The maximum Gasteiger partial charge on any atom is 0.342 e. The molecule has 0 saturated carbocycles. The fourth-order valence-electron chi connectivity index (χ4n) is 3.43. The van der Waals surface area contributed by atoms with Crippen LogP contribution in [0.1, 0.15) is 10.4 Å². The van der Waals surface area contributed by atoms with Crippen LogP contribution in [0.4, 0.5) is 5.13 Å². The number of nitrogens with zero attached hydrogens (tertiary/aromatic N) is 2. The summed E-state index contributed by atoms with van der Waals surface area (Å²) in [4.78, 5) is 19.5. The number of esters is 1. The van der Waals surface area contributed by atoms with E-state index in [1.165, 1.54) is 4.70 Å². The average molecular weight is 390 g/mol. The lowest BCUT2D eigenvalue weighted by Gasteiger charge is -2.38. The molecule has 140 valence electrons. The molecule has 6 heteroatoms. The van der Waals surface area contributed by atoms with E-state index in [1.807, 2.05) is 54.6 Å². The van der Waals surface area contributed by atoms with Crippen LogP contribution < -0.4 is 9.64 Å². The van der Waals surface area contributed by atoms with Crippen molar-refractivity contribution < 1.29 is 14.3 Å². The number of ether oxygens (including phenoxy) is 2. The Kier molecular flexibility index (Phi) is 4.13. The molecule has 1 saturated heterocycles. The Bertz CT molecular complexity index is 1150. The van der Waals surface area contributed by atoms with Crippen LogP contribution in [0.5, 0.6) is 5.75 Å². The summed E-state index contributed by atoms with van der Waals surface area (Å²) >= 11 is 1.66. The van der Waals surface area contributed by atoms with Gasteiger partial charge < -0.3 is 14.4 Å². The maximum atomic E-state index is 12.7. The lowest BCUT2D eigenvalue weighted by molar-refractivity contribution is 0.0231. The van der Waals surface area contributed by atoms with Crippen LogP contribution in [0, 0.1) is 0 Å². The first-order valence-corrected chi connectivity index (χ1v) is 9.91. The number of thiazole rings is 1. The van der Waals surface area contributed by atoms with Crippen LogP contribution in [-0.4, -0.2) is 37.3 Å². The molecular formula is C22H18N2O3S. The van der Waals surface area contributed by atoms with Gasteiger partial charge in [-0.2, -0.15) is 0 Å². The zero-order valence-corrected chi connectivity index (χ0v) is 16.1. The van der Waals surface area contributed by atoms with Crippen molar-refractivity contribution >= 4 is 43.4 Å². The number of rotatable bonds is 4. The highest BCUT2D eigenvalue weighted by Crippen LogP contribution is 2.32. The van der Waals surface area contributed by atoms with E-state index in [1.54, 1.807) is 18.4 Å². The second kappa shape index (κ2) is 6.80. The Hall–Kier alpha value is -3.12. The Balaban J connectivity index is 1.30. The molecule has 0 aliphatic carbocycles. The third-order valence-electron chi connectivity index (χ3n) is 4.96. The number of carbonyl (C=O) groups is 1. The second-order valence-electron chi connectivity index (χ2n) is 6.80. The molecule has 4 aromatic rings. The highest BCUT2D eigenvalue weighted by Gasteiger charge is 2.33. The summed E-state index contributed by atoms with van der Waals surface area (Å²) in [6.45, 7) is 1.31. The third-order valence-corrected chi connectivity index (χ3v) is 6.06. The van der Waals surface area contributed by atoms with Crippen molar-refractivity contribution in [3.8, 4) is 5.75 Å². The van der Waals surface area contributed by atoms with Crippen molar-refractivity contribution in [2.24, 2.45) is 0 Å². The first-order valence-electron chi connectivity index (χ1n) is 9.09. The molecule has 0 spiro atoms. The van der Waals surface area contributed by atoms with E-state index in [4.69, 9.17) is 9.47 Å².